The fourth-order valence-corrected chi connectivity index (χ4v) is 5.92. The number of piperazine rings is 1. The van der Waals surface area contributed by atoms with E-state index in [0.717, 1.165) is 74.9 Å². The number of nitrogens with zero attached hydrogens (tertiary/aromatic N) is 6. The van der Waals surface area contributed by atoms with Gasteiger partial charge in [-0.2, -0.15) is 0 Å². The molecule has 1 aromatic carbocycles. The van der Waals surface area contributed by atoms with Crippen LogP contribution in [0.5, 0.6) is 0 Å². The number of carbonyl (C=O) groups excluding carboxylic acids is 1. The van der Waals surface area contributed by atoms with Crippen molar-refractivity contribution in [2.45, 2.75) is 45.2 Å². The lowest BCUT2D eigenvalue weighted by Crippen LogP contribution is -2.45. The van der Waals surface area contributed by atoms with Crippen molar-refractivity contribution in [3.8, 4) is 11.3 Å². The lowest BCUT2D eigenvalue weighted by atomic mass is 10.1. The summed E-state index contributed by atoms with van der Waals surface area (Å²) in [6.07, 6.45) is 8.47. The average Bonchev–Trinajstić information content (AvgIpc) is 3.63. The molecule has 39 heavy (non-hydrogen) atoms. The fourth-order valence-electron chi connectivity index (χ4n) is 5.92. The van der Waals surface area contributed by atoms with Crippen LogP contribution in [0.15, 0.2) is 48.8 Å². The van der Waals surface area contributed by atoms with Gasteiger partial charge in [0.1, 0.15) is 11.5 Å². The van der Waals surface area contributed by atoms with Crippen LogP contribution < -0.4 is 5.32 Å². The highest BCUT2D eigenvalue weighted by atomic mass is 19.1. The summed E-state index contributed by atoms with van der Waals surface area (Å²) in [4.78, 5) is 29.9. The van der Waals surface area contributed by atoms with Crippen LogP contribution in [0.2, 0.25) is 0 Å². The van der Waals surface area contributed by atoms with Gasteiger partial charge in [-0.05, 0) is 49.2 Å². The Hall–Kier alpha value is -3.69. The first-order chi connectivity index (χ1) is 19.1. The van der Waals surface area contributed by atoms with E-state index in [0.29, 0.717) is 23.1 Å². The van der Waals surface area contributed by atoms with Gasteiger partial charge in [0, 0.05) is 61.4 Å². The highest BCUT2D eigenvalue weighted by Crippen LogP contribution is 2.36. The SMILES string of the molecule is CCN1CCN(Cc2ccc(Nc3ncc(F)c(-c4ccc5c(c4)cc(C=O)n5C4CCCC4)n3)nc2)CC1. The molecule has 1 N–H and O–H groups in total. The number of benzene rings is 1. The van der Waals surface area contributed by atoms with Crippen molar-refractivity contribution in [1.82, 2.24) is 29.3 Å². The van der Waals surface area contributed by atoms with Crippen molar-refractivity contribution >= 4 is 29.0 Å². The lowest BCUT2D eigenvalue weighted by Gasteiger charge is -2.33. The summed E-state index contributed by atoms with van der Waals surface area (Å²) in [6, 6.07) is 11.9. The minimum absolute atomic E-state index is 0.207. The van der Waals surface area contributed by atoms with E-state index in [2.05, 4.69) is 47.6 Å². The number of rotatable bonds is 8. The number of pyridine rings is 1. The van der Waals surface area contributed by atoms with Crippen molar-refractivity contribution in [2.24, 2.45) is 0 Å². The molecule has 0 amide bonds. The largest absolute Gasteiger partial charge is 0.335 e. The molecule has 4 aromatic rings. The number of halogens is 1. The maximum Gasteiger partial charge on any atom is 0.229 e. The molecule has 0 unspecified atom stereocenters. The third-order valence-electron chi connectivity index (χ3n) is 8.08. The molecule has 0 atom stereocenters. The van der Waals surface area contributed by atoms with Gasteiger partial charge in [0.15, 0.2) is 12.1 Å². The summed E-state index contributed by atoms with van der Waals surface area (Å²) < 4.78 is 17.0. The number of aldehydes is 1. The van der Waals surface area contributed by atoms with Crippen LogP contribution in [-0.2, 0) is 6.54 Å². The summed E-state index contributed by atoms with van der Waals surface area (Å²) >= 11 is 0. The standard InChI is InChI=1S/C30H34FN7O/c1-2-36-11-13-37(14-12-36)19-21-7-10-28(32-17-21)34-30-33-18-26(31)29(35-30)22-8-9-27-23(15-22)16-25(20-39)38(27)24-5-3-4-6-24/h7-10,15-18,20,24H,2-6,11-14,19H2,1H3,(H,32,33,34,35). The average molecular weight is 528 g/mol. The van der Waals surface area contributed by atoms with E-state index in [1.54, 1.807) is 0 Å². The number of hydrogen-bond acceptors (Lipinski definition) is 7. The molecule has 9 heteroatoms. The number of aromatic nitrogens is 4. The van der Waals surface area contributed by atoms with Crippen molar-refractivity contribution < 1.29 is 9.18 Å². The summed E-state index contributed by atoms with van der Waals surface area (Å²) in [5, 5.41) is 4.02. The highest BCUT2D eigenvalue weighted by molar-refractivity contribution is 5.91. The molecule has 8 nitrogen and oxygen atoms in total. The Morgan fingerprint density at radius 1 is 1.00 bits per heavy atom. The predicted octanol–water partition coefficient (Wildman–Crippen LogP) is 5.44. The van der Waals surface area contributed by atoms with Gasteiger partial charge >= 0.3 is 0 Å². The fraction of sp³-hybridized carbons (Fsp3) is 0.400. The Bertz CT molecular complexity index is 1450. The van der Waals surface area contributed by atoms with E-state index in [1.165, 1.54) is 19.0 Å². The molecule has 1 saturated heterocycles. The van der Waals surface area contributed by atoms with Crippen molar-refractivity contribution in [3.05, 3.63) is 65.9 Å². The van der Waals surface area contributed by atoms with Crippen molar-refractivity contribution in [1.29, 1.82) is 0 Å². The zero-order chi connectivity index (χ0) is 26.8. The first-order valence-corrected chi connectivity index (χ1v) is 13.9. The van der Waals surface area contributed by atoms with E-state index in [9.17, 15) is 9.18 Å². The van der Waals surface area contributed by atoms with E-state index in [4.69, 9.17) is 0 Å². The van der Waals surface area contributed by atoms with E-state index in [1.807, 2.05) is 36.5 Å². The van der Waals surface area contributed by atoms with Gasteiger partial charge in [-0.15, -0.1) is 0 Å². The molecule has 4 heterocycles. The monoisotopic (exact) mass is 527 g/mol. The molecule has 6 rings (SSSR count). The number of likely N-dealkylation sites (N-methyl/N-ethyl adjacent to an activating group) is 1. The van der Waals surface area contributed by atoms with Gasteiger partial charge in [-0.25, -0.2) is 19.3 Å². The van der Waals surface area contributed by atoms with Gasteiger partial charge in [0.05, 0.1) is 11.9 Å². The van der Waals surface area contributed by atoms with Gasteiger partial charge in [0.2, 0.25) is 5.95 Å². The van der Waals surface area contributed by atoms with Gasteiger partial charge < -0.3 is 14.8 Å². The number of carbonyl (C=O) groups is 1. The van der Waals surface area contributed by atoms with E-state index in [-0.39, 0.29) is 11.6 Å². The molecular weight excluding hydrogens is 493 g/mol. The summed E-state index contributed by atoms with van der Waals surface area (Å²) in [7, 11) is 0. The van der Waals surface area contributed by atoms with Crippen LogP contribution in [0.1, 0.15) is 54.7 Å². The Balaban J connectivity index is 1.19. The third kappa shape index (κ3) is 5.42. The number of fused-ring (bicyclic) bond motifs is 1. The molecule has 2 fully saturated rings. The maximum atomic E-state index is 14.9. The predicted molar refractivity (Wildman–Crippen MR) is 151 cm³/mol. The number of anilines is 2. The van der Waals surface area contributed by atoms with Gasteiger partial charge in [-0.1, -0.05) is 31.9 Å². The molecule has 3 aromatic heterocycles. The van der Waals surface area contributed by atoms with Crippen LogP contribution in [-0.4, -0.2) is 68.3 Å². The molecule has 202 valence electrons. The second-order valence-corrected chi connectivity index (χ2v) is 10.5. The minimum atomic E-state index is -0.503. The Morgan fingerprint density at radius 2 is 1.79 bits per heavy atom. The van der Waals surface area contributed by atoms with Crippen LogP contribution in [0.3, 0.4) is 0 Å². The summed E-state index contributed by atoms with van der Waals surface area (Å²) in [5.74, 6) is 0.378. The summed E-state index contributed by atoms with van der Waals surface area (Å²) in [6.45, 7) is 8.51. The molecule has 1 saturated carbocycles. The molecule has 0 spiro atoms. The third-order valence-corrected chi connectivity index (χ3v) is 8.08. The molecule has 2 aliphatic rings. The quantitative estimate of drug-likeness (QED) is 0.306. The lowest BCUT2D eigenvalue weighted by molar-refractivity contribution is 0.111. The zero-order valence-corrected chi connectivity index (χ0v) is 22.3. The second kappa shape index (κ2) is 11.2. The van der Waals surface area contributed by atoms with E-state index < -0.39 is 5.82 Å². The Morgan fingerprint density at radius 3 is 2.51 bits per heavy atom. The smallest absolute Gasteiger partial charge is 0.229 e. The Labute approximate surface area is 227 Å². The van der Waals surface area contributed by atoms with Crippen molar-refractivity contribution in [3.63, 3.8) is 0 Å². The number of nitrogens with one attached hydrogen (secondary N) is 1. The topological polar surface area (TPSA) is 79.2 Å². The molecule has 1 aliphatic heterocycles. The van der Waals surface area contributed by atoms with Gasteiger partial charge in [0.25, 0.3) is 0 Å². The molecule has 0 bridgehead atoms. The van der Waals surface area contributed by atoms with Crippen LogP contribution in [0.25, 0.3) is 22.2 Å². The zero-order valence-electron chi connectivity index (χ0n) is 22.3. The van der Waals surface area contributed by atoms with Crippen molar-refractivity contribution in [2.75, 3.05) is 38.0 Å². The van der Waals surface area contributed by atoms with Crippen LogP contribution in [0, 0.1) is 5.82 Å². The molecule has 0 radical (unpaired) electrons. The first-order valence-electron chi connectivity index (χ1n) is 13.9. The molecule has 1 aliphatic carbocycles. The second-order valence-electron chi connectivity index (χ2n) is 10.5. The normalized spacial score (nSPS) is 17.2. The maximum absolute atomic E-state index is 14.9. The Kier molecular flexibility index (Phi) is 7.34. The minimum Gasteiger partial charge on any atom is -0.335 e. The highest BCUT2D eigenvalue weighted by Gasteiger charge is 2.22. The van der Waals surface area contributed by atoms with Gasteiger partial charge in [-0.3, -0.25) is 9.69 Å². The first kappa shape index (κ1) is 25.6. The number of hydrogen-bond donors (Lipinski definition) is 1. The van der Waals surface area contributed by atoms with Crippen LogP contribution >= 0.6 is 0 Å². The summed E-state index contributed by atoms with van der Waals surface area (Å²) in [5.41, 5.74) is 3.66. The van der Waals surface area contributed by atoms with Crippen LogP contribution in [0.4, 0.5) is 16.2 Å². The van der Waals surface area contributed by atoms with E-state index >= 15 is 0 Å². The molecular formula is C30H34FN7O.